The van der Waals surface area contributed by atoms with Crippen molar-refractivity contribution in [2.45, 2.75) is 0 Å². The average Bonchev–Trinajstić information content (AvgIpc) is 3.22. The minimum atomic E-state index is -0.634. The molecule has 1 heterocycles. The summed E-state index contributed by atoms with van der Waals surface area (Å²) < 4.78 is 26.2. The number of ether oxygens (including phenoxy) is 5. The van der Waals surface area contributed by atoms with Gasteiger partial charge in [-0.2, -0.15) is 0 Å². The number of esters is 1. The molecule has 0 bridgehead atoms. The molecule has 0 saturated heterocycles. The van der Waals surface area contributed by atoms with Crippen LogP contribution in [-0.2, 0) is 9.53 Å². The zero-order chi connectivity index (χ0) is 20.6. The first-order valence-corrected chi connectivity index (χ1v) is 8.80. The zero-order valence-corrected chi connectivity index (χ0v) is 15.9. The predicted octanol–water partition coefficient (Wildman–Crippen LogP) is 3.43. The van der Waals surface area contributed by atoms with Crippen LogP contribution < -0.4 is 18.9 Å². The maximum Gasteiger partial charge on any atom is 0.331 e. The lowest BCUT2D eigenvalue weighted by molar-refractivity contribution is -0.136. The topological polar surface area (TPSA) is 80.3 Å². The lowest BCUT2D eigenvalue weighted by Gasteiger charge is -2.09. The Morgan fingerprint density at radius 3 is 2.72 bits per heavy atom. The number of carbonyl (C=O) groups excluding carboxylic acids is 2. The van der Waals surface area contributed by atoms with Gasteiger partial charge in [-0.15, -0.1) is 0 Å². The van der Waals surface area contributed by atoms with Crippen LogP contribution in [0.1, 0.15) is 15.9 Å². The van der Waals surface area contributed by atoms with E-state index in [1.807, 2.05) is 0 Å². The molecular formula is C22H20O7. The van der Waals surface area contributed by atoms with Crippen LogP contribution in [0.2, 0.25) is 0 Å². The molecule has 3 rings (SSSR count). The number of hydrogen-bond donors (Lipinski definition) is 0. The number of hydrogen-bond acceptors (Lipinski definition) is 7. The summed E-state index contributed by atoms with van der Waals surface area (Å²) in [6.45, 7) is 3.70. The number of ketones is 1. The van der Waals surface area contributed by atoms with Crippen molar-refractivity contribution in [2.24, 2.45) is 0 Å². The van der Waals surface area contributed by atoms with E-state index < -0.39 is 5.97 Å². The highest BCUT2D eigenvalue weighted by Crippen LogP contribution is 2.32. The first-order valence-electron chi connectivity index (χ1n) is 8.80. The van der Waals surface area contributed by atoms with Crippen LogP contribution in [0.25, 0.3) is 6.08 Å². The molecule has 0 atom stereocenters. The van der Waals surface area contributed by atoms with Crippen molar-refractivity contribution in [3.63, 3.8) is 0 Å². The van der Waals surface area contributed by atoms with E-state index in [4.69, 9.17) is 23.7 Å². The van der Waals surface area contributed by atoms with E-state index in [-0.39, 0.29) is 19.2 Å². The van der Waals surface area contributed by atoms with E-state index in [1.54, 1.807) is 48.6 Å². The molecule has 1 aliphatic heterocycles. The van der Waals surface area contributed by atoms with E-state index in [2.05, 4.69) is 6.58 Å². The van der Waals surface area contributed by atoms with Gasteiger partial charge in [-0.3, -0.25) is 4.79 Å². The molecule has 29 heavy (non-hydrogen) atoms. The molecule has 1 aliphatic rings. The van der Waals surface area contributed by atoms with Gasteiger partial charge in [0.2, 0.25) is 6.79 Å². The lowest BCUT2D eigenvalue weighted by Crippen LogP contribution is -2.12. The standard InChI is InChI=1S/C22H20O7/c1-3-10-26-18-7-4-15(11-20(18)25-2)5-9-22(24)27-13-17(23)16-6-8-19-21(12-16)29-14-28-19/h3-9,11-12H,1,10,13-14H2,2H3/b9-5+. The van der Waals surface area contributed by atoms with Gasteiger partial charge in [0.1, 0.15) is 6.61 Å². The molecule has 0 N–H and O–H groups in total. The monoisotopic (exact) mass is 396 g/mol. The van der Waals surface area contributed by atoms with Crippen molar-refractivity contribution in [1.82, 2.24) is 0 Å². The lowest BCUT2D eigenvalue weighted by atomic mass is 10.1. The van der Waals surface area contributed by atoms with Gasteiger partial charge in [0.15, 0.2) is 35.4 Å². The Labute approximate surface area is 168 Å². The molecule has 0 saturated carbocycles. The SMILES string of the molecule is C=CCOc1ccc(/C=C/C(=O)OCC(=O)c2ccc3c(c2)OCO3)cc1OC. The van der Waals surface area contributed by atoms with Crippen molar-refractivity contribution in [3.05, 3.63) is 66.3 Å². The van der Waals surface area contributed by atoms with E-state index in [0.717, 1.165) is 0 Å². The summed E-state index contributed by atoms with van der Waals surface area (Å²) in [6, 6.07) is 10.0. The second kappa shape index (κ2) is 9.45. The van der Waals surface area contributed by atoms with Gasteiger partial charge in [-0.1, -0.05) is 18.7 Å². The van der Waals surface area contributed by atoms with Gasteiger partial charge < -0.3 is 23.7 Å². The normalized spacial score (nSPS) is 11.9. The molecule has 7 heteroatoms. The minimum absolute atomic E-state index is 0.124. The third-order valence-electron chi connectivity index (χ3n) is 4.00. The van der Waals surface area contributed by atoms with Gasteiger partial charge in [0.25, 0.3) is 0 Å². The van der Waals surface area contributed by atoms with Gasteiger partial charge in [0, 0.05) is 11.6 Å². The summed E-state index contributed by atoms with van der Waals surface area (Å²) in [5.74, 6) is 1.21. The second-order valence-corrected chi connectivity index (χ2v) is 5.94. The smallest absolute Gasteiger partial charge is 0.331 e. The molecule has 0 aromatic heterocycles. The Balaban J connectivity index is 1.55. The molecule has 2 aromatic carbocycles. The van der Waals surface area contributed by atoms with Crippen molar-refractivity contribution >= 4 is 17.8 Å². The fraction of sp³-hybridized carbons (Fsp3) is 0.182. The summed E-state index contributed by atoms with van der Waals surface area (Å²) in [4.78, 5) is 24.1. The van der Waals surface area contributed by atoms with Gasteiger partial charge in [0.05, 0.1) is 7.11 Å². The van der Waals surface area contributed by atoms with Gasteiger partial charge in [-0.25, -0.2) is 4.79 Å². The first kappa shape index (κ1) is 20.0. The van der Waals surface area contributed by atoms with E-state index in [0.29, 0.717) is 40.7 Å². The number of rotatable bonds is 9. The third-order valence-corrected chi connectivity index (χ3v) is 4.00. The molecule has 7 nitrogen and oxygen atoms in total. The summed E-state index contributed by atoms with van der Waals surface area (Å²) in [5, 5.41) is 0. The van der Waals surface area contributed by atoms with Crippen LogP contribution >= 0.6 is 0 Å². The van der Waals surface area contributed by atoms with Crippen LogP contribution in [0, 0.1) is 0 Å². The predicted molar refractivity (Wildman–Crippen MR) is 106 cm³/mol. The van der Waals surface area contributed by atoms with Crippen LogP contribution in [-0.4, -0.2) is 38.9 Å². The van der Waals surface area contributed by atoms with Crippen molar-refractivity contribution < 1.29 is 33.3 Å². The highest BCUT2D eigenvalue weighted by atomic mass is 16.7. The van der Waals surface area contributed by atoms with Gasteiger partial charge >= 0.3 is 5.97 Å². The Morgan fingerprint density at radius 2 is 1.93 bits per heavy atom. The van der Waals surface area contributed by atoms with Crippen molar-refractivity contribution in [1.29, 1.82) is 0 Å². The van der Waals surface area contributed by atoms with E-state index in [1.165, 1.54) is 13.2 Å². The highest BCUT2D eigenvalue weighted by Gasteiger charge is 2.17. The molecule has 150 valence electrons. The maximum absolute atomic E-state index is 12.2. The number of fused-ring (bicyclic) bond motifs is 1. The molecule has 0 amide bonds. The summed E-state index contributed by atoms with van der Waals surface area (Å²) in [6.07, 6.45) is 4.44. The Kier molecular flexibility index (Phi) is 6.52. The van der Waals surface area contributed by atoms with Crippen LogP contribution in [0.3, 0.4) is 0 Å². The van der Waals surface area contributed by atoms with E-state index >= 15 is 0 Å². The van der Waals surface area contributed by atoms with Gasteiger partial charge in [-0.05, 0) is 42.0 Å². The molecule has 0 aliphatic carbocycles. The molecule has 2 aromatic rings. The summed E-state index contributed by atoms with van der Waals surface area (Å²) in [5.41, 5.74) is 1.10. The third kappa shape index (κ3) is 5.16. The largest absolute Gasteiger partial charge is 0.493 e. The Hall–Kier alpha value is -3.74. The molecule has 0 spiro atoms. The molecular weight excluding hydrogens is 376 g/mol. The number of carbonyl (C=O) groups is 2. The van der Waals surface area contributed by atoms with Crippen molar-refractivity contribution in [2.75, 3.05) is 27.1 Å². The average molecular weight is 396 g/mol. The molecule has 0 unspecified atom stereocenters. The second-order valence-electron chi connectivity index (χ2n) is 5.94. The quantitative estimate of drug-likeness (QED) is 0.278. The van der Waals surface area contributed by atoms with Crippen LogP contribution in [0.15, 0.2) is 55.1 Å². The fourth-order valence-corrected chi connectivity index (χ4v) is 2.56. The number of benzene rings is 2. The van der Waals surface area contributed by atoms with Crippen LogP contribution in [0.5, 0.6) is 23.0 Å². The molecule has 0 fully saturated rings. The summed E-state index contributed by atoms with van der Waals surface area (Å²) in [7, 11) is 1.53. The Morgan fingerprint density at radius 1 is 1.10 bits per heavy atom. The van der Waals surface area contributed by atoms with Crippen molar-refractivity contribution in [3.8, 4) is 23.0 Å². The Bertz CT molecular complexity index is 946. The zero-order valence-electron chi connectivity index (χ0n) is 15.9. The first-order chi connectivity index (χ1) is 14.1. The molecule has 0 radical (unpaired) electrons. The number of Topliss-reactive ketones (excluding diaryl/α,β-unsaturated/α-hetero) is 1. The van der Waals surface area contributed by atoms with Crippen LogP contribution in [0.4, 0.5) is 0 Å². The summed E-state index contributed by atoms with van der Waals surface area (Å²) >= 11 is 0. The maximum atomic E-state index is 12.2. The number of methoxy groups -OCH3 is 1. The fourth-order valence-electron chi connectivity index (χ4n) is 2.56. The van der Waals surface area contributed by atoms with E-state index in [9.17, 15) is 9.59 Å². The highest BCUT2D eigenvalue weighted by molar-refractivity contribution is 5.99. The minimum Gasteiger partial charge on any atom is -0.493 e.